The molecule has 0 aliphatic carbocycles. The molecule has 0 unspecified atom stereocenters. The molecule has 1 aliphatic rings. The van der Waals surface area contributed by atoms with Crippen molar-refractivity contribution in [3.05, 3.63) is 58.5 Å². The zero-order valence-corrected chi connectivity index (χ0v) is 18.8. The zero-order valence-electron chi connectivity index (χ0n) is 18.0. The summed E-state index contributed by atoms with van der Waals surface area (Å²) in [4.78, 5) is 38.3. The van der Waals surface area contributed by atoms with Crippen molar-refractivity contribution < 1.29 is 41.8 Å². The monoisotopic (exact) mass is 496 g/mol. The smallest absolute Gasteiger partial charge is 0.493 e. The number of alkyl halides is 3. The van der Waals surface area contributed by atoms with Crippen LogP contribution < -0.4 is 19.5 Å². The van der Waals surface area contributed by atoms with Crippen molar-refractivity contribution in [1.29, 1.82) is 0 Å². The van der Waals surface area contributed by atoms with Gasteiger partial charge in [-0.15, -0.1) is 13.2 Å². The van der Waals surface area contributed by atoms with Gasteiger partial charge in [-0.05, 0) is 59.8 Å². The quantitative estimate of drug-likeness (QED) is 0.551. The molecule has 3 rings (SSSR count). The van der Waals surface area contributed by atoms with E-state index in [0.717, 1.165) is 28.8 Å². The molecule has 2 aromatic carbocycles. The van der Waals surface area contributed by atoms with Gasteiger partial charge in [0, 0.05) is 18.7 Å². The lowest BCUT2D eigenvalue weighted by atomic mass is 10.2. The van der Waals surface area contributed by atoms with Gasteiger partial charge in [0.2, 0.25) is 0 Å². The van der Waals surface area contributed by atoms with Crippen LogP contribution in [-0.4, -0.2) is 55.6 Å². The molecule has 12 heteroatoms. The maximum absolute atomic E-state index is 12.6. The molecule has 0 saturated carbocycles. The molecule has 8 nitrogen and oxygen atoms in total. The number of hydrogen-bond acceptors (Lipinski definition) is 7. The largest absolute Gasteiger partial charge is 0.573 e. The summed E-state index contributed by atoms with van der Waals surface area (Å²) in [6.07, 6.45) is -3.28. The van der Waals surface area contributed by atoms with E-state index < -0.39 is 29.2 Å². The molecule has 3 amide bonds. The average molecular weight is 496 g/mol. The fourth-order valence-electron chi connectivity index (χ4n) is 2.98. The number of nitrogens with one attached hydrogen (secondary N) is 1. The Balaban J connectivity index is 1.57. The molecule has 180 valence electrons. The number of ether oxygens (including phenoxy) is 3. The number of benzene rings is 2. The van der Waals surface area contributed by atoms with Crippen LogP contribution in [0.1, 0.15) is 15.9 Å². The lowest BCUT2D eigenvalue weighted by molar-refractivity contribution is -0.274. The maximum Gasteiger partial charge on any atom is 0.573 e. The summed E-state index contributed by atoms with van der Waals surface area (Å²) >= 11 is 0.769. The SMILES string of the molecule is COc1ccc(/C=C2\SC(=O)N(CCNC(=O)c3ccc(OC(F)(F)F)cc3)C2=O)cc1OC. The van der Waals surface area contributed by atoms with Crippen LogP contribution in [0.25, 0.3) is 6.08 Å². The first-order chi connectivity index (χ1) is 16.1. The lowest BCUT2D eigenvalue weighted by Gasteiger charge is -2.13. The Morgan fingerprint density at radius 3 is 2.35 bits per heavy atom. The van der Waals surface area contributed by atoms with E-state index in [4.69, 9.17) is 9.47 Å². The third kappa shape index (κ3) is 6.22. The molecule has 0 atom stereocenters. The molecule has 34 heavy (non-hydrogen) atoms. The fourth-order valence-corrected chi connectivity index (χ4v) is 3.84. The van der Waals surface area contributed by atoms with Crippen molar-refractivity contribution in [1.82, 2.24) is 10.2 Å². The van der Waals surface area contributed by atoms with Crippen molar-refractivity contribution in [2.24, 2.45) is 0 Å². The average Bonchev–Trinajstić information content (AvgIpc) is 3.05. The first kappa shape index (κ1) is 25.0. The molecule has 0 bridgehead atoms. The number of rotatable bonds is 8. The highest BCUT2D eigenvalue weighted by molar-refractivity contribution is 8.18. The number of amides is 3. The van der Waals surface area contributed by atoms with Crippen molar-refractivity contribution in [2.75, 3.05) is 27.3 Å². The minimum atomic E-state index is -4.83. The number of halogens is 3. The Labute approximate surface area is 196 Å². The summed E-state index contributed by atoms with van der Waals surface area (Å²) in [5, 5.41) is 2.03. The predicted molar refractivity (Wildman–Crippen MR) is 118 cm³/mol. The topological polar surface area (TPSA) is 94.2 Å². The number of methoxy groups -OCH3 is 2. The zero-order chi connectivity index (χ0) is 24.9. The van der Waals surface area contributed by atoms with Gasteiger partial charge in [-0.1, -0.05) is 6.07 Å². The number of imide groups is 1. The molecule has 0 aromatic heterocycles. The second-order valence-electron chi connectivity index (χ2n) is 6.78. The second-order valence-corrected chi connectivity index (χ2v) is 7.77. The summed E-state index contributed by atoms with van der Waals surface area (Å²) < 4.78 is 50.8. The highest BCUT2D eigenvalue weighted by Gasteiger charge is 2.35. The van der Waals surface area contributed by atoms with E-state index in [1.165, 1.54) is 26.4 Å². The van der Waals surface area contributed by atoms with Crippen molar-refractivity contribution in [3.63, 3.8) is 0 Å². The van der Waals surface area contributed by atoms with E-state index >= 15 is 0 Å². The summed E-state index contributed by atoms with van der Waals surface area (Å²) in [7, 11) is 2.98. The van der Waals surface area contributed by atoms with Crippen LogP contribution in [0.15, 0.2) is 47.4 Å². The van der Waals surface area contributed by atoms with Gasteiger partial charge in [0.05, 0.1) is 19.1 Å². The molecular formula is C22H19F3N2O6S. The van der Waals surface area contributed by atoms with E-state index in [9.17, 15) is 27.6 Å². The fraction of sp³-hybridized carbons (Fsp3) is 0.227. The third-order valence-electron chi connectivity index (χ3n) is 4.55. The summed E-state index contributed by atoms with van der Waals surface area (Å²) in [6.45, 7) is -0.115. The first-order valence-corrected chi connectivity index (χ1v) is 10.5. The predicted octanol–water partition coefficient (Wildman–Crippen LogP) is 4.07. The van der Waals surface area contributed by atoms with Gasteiger partial charge >= 0.3 is 6.36 Å². The molecule has 1 fully saturated rings. The first-order valence-electron chi connectivity index (χ1n) is 9.72. The Bertz CT molecular complexity index is 1120. The standard InChI is InChI=1S/C22H19F3N2O6S/c1-31-16-8-3-13(11-17(16)32-2)12-18-20(29)27(21(30)34-18)10-9-26-19(28)14-4-6-15(7-5-14)33-22(23,24)25/h3-8,11-12H,9-10H2,1-2H3,(H,26,28)/b18-12-. The highest BCUT2D eigenvalue weighted by Crippen LogP contribution is 2.34. The van der Waals surface area contributed by atoms with E-state index in [-0.39, 0.29) is 23.6 Å². The van der Waals surface area contributed by atoms with Crippen LogP contribution in [0, 0.1) is 0 Å². The summed E-state index contributed by atoms with van der Waals surface area (Å²) in [5.41, 5.74) is 0.728. The molecule has 1 N–H and O–H groups in total. The van der Waals surface area contributed by atoms with Crippen LogP contribution in [-0.2, 0) is 4.79 Å². The van der Waals surface area contributed by atoms with Gasteiger partial charge in [0.25, 0.3) is 17.1 Å². The van der Waals surface area contributed by atoms with Crippen molar-refractivity contribution in [2.45, 2.75) is 6.36 Å². The Morgan fingerprint density at radius 2 is 1.74 bits per heavy atom. The number of thioether (sulfide) groups is 1. The summed E-state index contributed by atoms with van der Waals surface area (Å²) in [5.74, 6) is -0.551. The molecule has 1 saturated heterocycles. The maximum atomic E-state index is 12.6. The Morgan fingerprint density at radius 1 is 1.06 bits per heavy atom. The van der Waals surface area contributed by atoms with Gasteiger partial charge in [-0.2, -0.15) is 0 Å². The van der Waals surface area contributed by atoms with Gasteiger partial charge in [-0.3, -0.25) is 19.3 Å². The second kappa shape index (κ2) is 10.5. The molecule has 0 radical (unpaired) electrons. The normalized spacial score (nSPS) is 15.0. The molecular weight excluding hydrogens is 477 g/mol. The number of carbonyl (C=O) groups is 3. The lowest BCUT2D eigenvalue weighted by Crippen LogP contribution is -2.37. The minimum Gasteiger partial charge on any atom is -0.493 e. The molecule has 1 heterocycles. The van der Waals surface area contributed by atoms with Gasteiger partial charge in [0.15, 0.2) is 11.5 Å². The van der Waals surface area contributed by atoms with Crippen LogP contribution in [0.4, 0.5) is 18.0 Å². The molecule has 1 aliphatic heterocycles. The van der Waals surface area contributed by atoms with Crippen molar-refractivity contribution >= 4 is 34.9 Å². The highest BCUT2D eigenvalue weighted by atomic mass is 32.2. The van der Waals surface area contributed by atoms with E-state index in [2.05, 4.69) is 10.1 Å². The number of nitrogens with zero attached hydrogens (tertiary/aromatic N) is 1. The third-order valence-corrected chi connectivity index (χ3v) is 5.46. The van der Waals surface area contributed by atoms with Crippen LogP contribution in [0.2, 0.25) is 0 Å². The van der Waals surface area contributed by atoms with Crippen LogP contribution >= 0.6 is 11.8 Å². The number of hydrogen-bond donors (Lipinski definition) is 1. The van der Waals surface area contributed by atoms with Gasteiger partial charge < -0.3 is 19.5 Å². The van der Waals surface area contributed by atoms with E-state index in [0.29, 0.717) is 17.1 Å². The minimum absolute atomic E-state index is 0.0404. The van der Waals surface area contributed by atoms with E-state index in [1.807, 2.05) is 0 Å². The molecule has 0 spiro atoms. The van der Waals surface area contributed by atoms with Crippen LogP contribution in [0.3, 0.4) is 0 Å². The van der Waals surface area contributed by atoms with Crippen molar-refractivity contribution in [3.8, 4) is 17.2 Å². The Kier molecular flexibility index (Phi) is 7.72. The van der Waals surface area contributed by atoms with Crippen LogP contribution in [0.5, 0.6) is 17.2 Å². The van der Waals surface area contributed by atoms with Gasteiger partial charge in [0.1, 0.15) is 5.75 Å². The summed E-state index contributed by atoms with van der Waals surface area (Å²) in [6, 6.07) is 9.41. The molecule has 2 aromatic rings. The van der Waals surface area contributed by atoms with E-state index in [1.54, 1.807) is 24.3 Å². The van der Waals surface area contributed by atoms with Gasteiger partial charge in [-0.25, -0.2) is 0 Å². The number of carbonyl (C=O) groups excluding carboxylic acids is 3. The Hall–Kier alpha value is -3.67.